The zero-order valence-electron chi connectivity index (χ0n) is 12.6. The van der Waals surface area contributed by atoms with E-state index in [1.54, 1.807) is 36.4 Å². The van der Waals surface area contributed by atoms with Crippen molar-refractivity contribution in [3.8, 4) is 0 Å². The molecule has 4 nitrogen and oxygen atoms in total. The van der Waals surface area contributed by atoms with Gasteiger partial charge in [-0.05, 0) is 48.5 Å². The normalized spacial score (nSPS) is 11.0. The fourth-order valence-electron chi connectivity index (χ4n) is 2.09. The van der Waals surface area contributed by atoms with Crippen LogP contribution < -0.4 is 5.32 Å². The fourth-order valence-corrected chi connectivity index (χ4v) is 3.34. The lowest BCUT2D eigenvalue weighted by molar-refractivity contribution is 0.603. The first kappa shape index (κ1) is 16.5. The number of para-hydroxylation sites is 1. The molecule has 0 heterocycles. The van der Waals surface area contributed by atoms with Crippen LogP contribution >= 0.6 is 15.9 Å². The van der Waals surface area contributed by atoms with Gasteiger partial charge in [0.05, 0.1) is 4.90 Å². The van der Waals surface area contributed by atoms with E-state index in [2.05, 4.69) is 26.0 Å². The van der Waals surface area contributed by atoms with E-state index in [9.17, 15) is 8.42 Å². The van der Waals surface area contributed by atoms with Crippen LogP contribution in [-0.2, 0) is 10.0 Å². The third-order valence-electron chi connectivity index (χ3n) is 3.27. The van der Waals surface area contributed by atoms with Crippen molar-refractivity contribution in [2.24, 2.45) is 0 Å². The average Bonchev–Trinajstić information content (AvgIpc) is 2.58. The molecule has 0 aliphatic carbocycles. The van der Waals surface area contributed by atoms with E-state index in [1.165, 1.54) is 12.1 Å². The minimum atomic E-state index is -3.72. The Kier molecular flexibility index (Phi) is 4.87. The zero-order chi connectivity index (χ0) is 17.0. The molecular weight excluding hydrogens is 388 g/mol. The van der Waals surface area contributed by atoms with E-state index in [-0.39, 0.29) is 4.90 Å². The van der Waals surface area contributed by atoms with Gasteiger partial charge in [0.2, 0.25) is 0 Å². The van der Waals surface area contributed by atoms with E-state index < -0.39 is 10.0 Å². The highest BCUT2D eigenvalue weighted by atomic mass is 79.9. The van der Waals surface area contributed by atoms with Crippen LogP contribution in [0.3, 0.4) is 0 Å². The summed E-state index contributed by atoms with van der Waals surface area (Å²) in [5.74, 6) is 0. The summed E-state index contributed by atoms with van der Waals surface area (Å²) in [6.07, 6.45) is 0. The second-order valence-electron chi connectivity index (χ2n) is 5.06. The maximum atomic E-state index is 12.3. The minimum absolute atomic E-state index is 0.164. The van der Waals surface area contributed by atoms with Crippen LogP contribution in [-0.4, -0.2) is 8.42 Å². The van der Waals surface area contributed by atoms with Gasteiger partial charge < -0.3 is 10.0 Å². The van der Waals surface area contributed by atoms with Crippen molar-refractivity contribution in [2.45, 2.75) is 4.90 Å². The van der Waals surface area contributed by atoms with Crippen LogP contribution in [0.15, 0.2) is 88.2 Å². The van der Waals surface area contributed by atoms with Crippen LogP contribution in [0.1, 0.15) is 0 Å². The summed E-state index contributed by atoms with van der Waals surface area (Å²) in [4.78, 5) is 0.164. The SMILES string of the molecule is O=S(=O)([N-]c1ccc(Nc2ccccc2)cc1)c1ccc(Br)cc1. The molecule has 0 radical (unpaired) electrons. The molecule has 0 spiro atoms. The molecule has 0 saturated carbocycles. The summed E-state index contributed by atoms with van der Waals surface area (Å²) < 4.78 is 29.3. The lowest BCUT2D eigenvalue weighted by Crippen LogP contribution is -1.97. The maximum Gasteiger partial charge on any atom is 0.123 e. The number of nitrogens with zero attached hydrogens (tertiary/aromatic N) is 1. The van der Waals surface area contributed by atoms with Crippen molar-refractivity contribution in [1.29, 1.82) is 0 Å². The predicted octanol–water partition coefficient (Wildman–Crippen LogP) is 5.59. The van der Waals surface area contributed by atoms with Gasteiger partial charge in [0.15, 0.2) is 0 Å². The Morgan fingerprint density at radius 3 is 1.96 bits per heavy atom. The van der Waals surface area contributed by atoms with Gasteiger partial charge in [0.25, 0.3) is 0 Å². The Balaban J connectivity index is 1.73. The largest absolute Gasteiger partial charge is 0.573 e. The quantitative estimate of drug-likeness (QED) is 0.606. The standard InChI is InChI=1S/C18H14BrN2O2S/c19-14-6-12-18(13-7-14)24(22,23)21-17-10-8-16(9-11-17)20-15-4-2-1-3-5-15/h1-13,20H/q-1. The number of rotatable bonds is 5. The Labute approximate surface area is 149 Å². The number of anilines is 2. The molecule has 3 aromatic carbocycles. The van der Waals surface area contributed by atoms with Gasteiger partial charge in [-0.25, -0.2) is 8.42 Å². The van der Waals surface area contributed by atoms with Crippen molar-refractivity contribution in [2.75, 3.05) is 5.32 Å². The molecule has 0 amide bonds. The first-order valence-electron chi connectivity index (χ1n) is 7.19. The topological polar surface area (TPSA) is 60.3 Å². The lowest BCUT2D eigenvalue weighted by Gasteiger charge is -2.22. The molecule has 0 bridgehead atoms. The van der Waals surface area contributed by atoms with Crippen LogP contribution in [0.2, 0.25) is 0 Å². The predicted molar refractivity (Wildman–Crippen MR) is 101 cm³/mol. The number of nitrogens with one attached hydrogen (secondary N) is 1. The van der Waals surface area contributed by atoms with Crippen LogP contribution in [0, 0.1) is 0 Å². The highest BCUT2D eigenvalue weighted by Crippen LogP contribution is 2.29. The minimum Gasteiger partial charge on any atom is -0.573 e. The summed E-state index contributed by atoms with van der Waals surface area (Å²) in [6.45, 7) is 0. The van der Waals surface area contributed by atoms with E-state index in [0.717, 1.165) is 15.8 Å². The number of sulfonamides is 1. The lowest BCUT2D eigenvalue weighted by atomic mass is 10.2. The average molecular weight is 402 g/mol. The van der Waals surface area contributed by atoms with Crippen molar-refractivity contribution < 1.29 is 8.42 Å². The number of benzene rings is 3. The number of hydrogen-bond donors (Lipinski definition) is 1. The molecule has 3 rings (SSSR count). The molecule has 0 atom stereocenters. The first-order valence-corrected chi connectivity index (χ1v) is 9.42. The maximum absolute atomic E-state index is 12.3. The summed E-state index contributed by atoms with van der Waals surface area (Å²) in [6, 6.07) is 23.1. The van der Waals surface area contributed by atoms with E-state index in [1.807, 2.05) is 30.3 Å². The van der Waals surface area contributed by atoms with Crippen LogP contribution in [0.25, 0.3) is 4.72 Å². The van der Waals surface area contributed by atoms with Gasteiger partial charge in [-0.2, -0.15) is 0 Å². The van der Waals surface area contributed by atoms with Crippen molar-refractivity contribution in [3.63, 3.8) is 0 Å². The summed E-state index contributed by atoms with van der Waals surface area (Å²) >= 11 is 3.28. The van der Waals surface area contributed by atoms with Crippen molar-refractivity contribution in [3.05, 3.63) is 88.1 Å². The first-order chi connectivity index (χ1) is 11.5. The molecule has 0 unspecified atom stereocenters. The van der Waals surface area contributed by atoms with Gasteiger partial charge in [0, 0.05) is 15.8 Å². The fraction of sp³-hybridized carbons (Fsp3) is 0. The Bertz CT molecular complexity index is 909. The molecule has 0 saturated heterocycles. The number of halogens is 1. The summed E-state index contributed by atoms with van der Waals surface area (Å²) in [7, 11) is -3.72. The molecular formula is C18H14BrN2O2S-. The molecule has 1 N–H and O–H groups in total. The van der Waals surface area contributed by atoms with Crippen LogP contribution in [0.5, 0.6) is 0 Å². The van der Waals surface area contributed by atoms with Crippen molar-refractivity contribution in [1.82, 2.24) is 0 Å². The van der Waals surface area contributed by atoms with Gasteiger partial charge in [-0.1, -0.05) is 46.3 Å². The van der Waals surface area contributed by atoms with E-state index in [0.29, 0.717) is 5.69 Å². The van der Waals surface area contributed by atoms with Gasteiger partial charge in [-0.15, -0.1) is 5.69 Å². The van der Waals surface area contributed by atoms with Gasteiger partial charge in [0.1, 0.15) is 10.0 Å². The Morgan fingerprint density at radius 2 is 1.33 bits per heavy atom. The Hall–Kier alpha value is -2.31. The highest BCUT2D eigenvalue weighted by molar-refractivity contribution is 9.10. The number of hydrogen-bond acceptors (Lipinski definition) is 3. The molecule has 122 valence electrons. The third-order valence-corrected chi connectivity index (χ3v) is 5.11. The molecule has 0 aliphatic heterocycles. The highest BCUT2D eigenvalue weighted by Gasteiger charge is 2.04. The molecule has 0 fully saturated rings. The Morgan fingerprint density at radius 1 is 0.750 bits per heavy atom. The smallest absolute Gasteiger partial charge is 0.123 e. The van der Waals surface area contributed by atoms with Gasteiger partial charge >= 0.3 is 0 Å². The second kappa shape index (κ2) is 7.07. The zero-order valence-corrected chi connectivity index (χ0v) is 15.0. The molecule has 0 aliphatic rings. The van der Waals surface area contributed by atoms with E-state index >= 15 is 0 Å². The van der Waals surface area contributed by atoms with Crippen molar-refractivity contribution >= 4 is 43.0 Å². The molecule has 6 heteroatoms. The molecule has 24 heavy (non-hydrogen) atoms. The summed E-state index contributed by atoms with van der Waals surface area (Å²) in [5, 5.41) is 3.24. The van der Waals surface area contributed by atoms with E-state index in [4.69, 9.17) is 0 Å². The monoisotopic (exact) mass is 401 g/mol. The molecule has 0 aromatic heterocycles. The summed E-state index contributed by atoms with van der Waals surface area (Å²) in [5.41, 5.74) is 2.21. The van der Waals surface area contributed by atoms with Crippen LogP contribution in [0.4, 0.5) is 17.1 Å². The third kappa shape index (κ3) is 4.15. The molecule has 3 aromatic rings. The van der Waals surface area contributed by atoms with Gasteiger partial charge in [-0.3, -0.25) is 0 Å². The second-order valence-corrected chi connectivity index (χ2v) is 7.58.